The summed E-state index contributed by atoms with van der Waals surface area (Å²) in [6.07, 6.45) is -3.61. The molecule has 2 rings (SSSR count). The predicted octanol–water partition coefficient (Wildman–Crippen LogP) is 3.14. The molecule has 0 saturated carbocycles. The zero-order valence-corrected chi connectivity index (χ0v) is 10.8. The van der Waals surface area contributed by atoms with Crippen LogP contribution in [-0.4, -0.2) is 15.1 Å². The summed E-state index contributed by atoms with van der Waals surface area (Å²) in [4.78, 5) is 7.77. The van der Waals surface area contributed by atoms with Crippen molar-refractivity contribution in [2.24, 2.45) is 0 Å². The topological polar surface area (TPSA) is 46.0 Å². The van der Waals surface area contributed by atoms with Gasteiger partial charge in [-0.25, -0.2) is 4.98 Å². The van der Waals surface area contributed by atoms with Crippen LogP contribution in [0.4, 0.5) is 13.2 Å². The fraction of sp³-hybridized carbons (Fsp3) is 0.333. The molecule has 0 radical (unpaired) electrons. The van der Waals surface area contributed by atoms with Gasteiger partial charge in [-0.1, -0.05) is 0 Å². The lowest BCUT2D eigenvalue weighted by Gasteiger charge is -2.15. The number of aliphatic hydroxyl groups excluding tert-OH is 1. The SMILES string of the molecule is Cc1csc(CC(O)c2cnccc2C(F)(F)F)n1. The largest absolute Gasteiger partial charge is 0.416 e. The highest BCUT2D eigenvalue weighted by Crippen LogP contribution is 2.35. The first-order chi connectivity index (χ1) is 8.88. The first-order valence-corrected chi connectivity index (χ1v) is 6.36. The van der Waals surface area contributed by atoms with E-state index < -0.39 is 17.8 Å². The van der Waals surface area contributed by atoms with E-state index in [4.69, 9.17) is 0 Å². The monoisotopic (exact) mass is 288 g/mol. The van der Waals surface area contributed by atoms with Gasteiger partial charge in [-0.3, -0.25) is 4.98 Å². The molecule has 1 atom stereocenters. The average molecular weight is 288 g/mol. The van der Waals surface area contributed by atoms with E-state index in [9.17, 15) is 18.3 Å². The molecule has 102 valence electrons. The maximum Gasteiger partial charge on any atom is 0.416 e. The van der Waals surface area contributed by atoms with Crippen molar-refractivity contribution in [1.82, 2.24) is 9.97 Å². The number of hydrogen-bond acceptors (Lipinski definition) is 4. The molecule has 0 aliphatic heterocycles. The first-order valence-electron chi connectivity index (χ1n) is 5.48. The zero-order chi connectivity index (χ0) is 14.0. The third kappa shape index (κ3) is 3.30. The minimum atomic E-state index is -4.50. The van der Waals surface area contributed by atoms with E-state index in [0.717, 1.165) is 24.2 Å². The average Bonchev–Trinajstić information content (AvgIpc) is 2.73. The van der Waals surface area contributed by atoms with Crippen molar-refractivity contribution in [2.45, 2.75) is 25.6 Å². The van der Waals surface area contributed by atoms with E-state index >= 15 is 0 Å². The molecule has 0 saturated heterocycles. The molecule has 2 aromatic heterocycles. The van der Waals surface area contributed by atoms with Gasteiger partial charge in [0.2, 0.25) is 0 Å². The molecule has 3 nitrogen and oxygen atoms in total. The maximum atomic E-state index is 12.8. The molecule has 2 heterocycles. The normalized spacial score (nSPS) is 13.5. The third-order valence-electron chi connectivity index (χ3n) is 2.55. The van der Waals surface area contributed by atoms with Crippen LogP contribution < -0.4 is 0 Å². The van der Waals surface area contributed by atoms with E-state index in [0.29, 0.717) is 5.01 Å². The lowest BCUT2D eigenvalue weighted by atomic mass is 10.0. The van der Waals surface area contributed by atoms with Crippen LogP contribution in [0.2, 0.25) is 0 Å². The lowest BCUT2D eigenvalue weighted by molar-refractivity contribution is -0.139. The molecule has 0 bridgehead atoms. The number of aliphatic hydroxyl groups is 1. The van der Waals surface area contributed by atoms with Crippen molar-refractivity contribution in [3.63, 3.8) is 0 Å². The Labute approximate surface area is 111 Å². The molecule has 0 amide bonds. The number of thiazole rings is 1. The number of aromatic nitrogens is 2. The van der Waals surface area contributed by atoms with Crippen LogP contribution in [0.3, 0.4) is 0 Å². The van der Waals surface area contributed by atoms with Crippen LogP contribution in [-0.2, 0) is 12.6 Å². The molecular weight excluding hydrogens is 277 g/mol. The Balaban J connectivity index is 2.26. The van der Waals surface area contributed by atoms with Crippen LogP contribution >= 0.6 is 11.3 Å². The summed E-state index contributed by atoms with van der Waals surface area (Å²) in [5.41, 5.74) is -0.291. The van der Waals surface area contributed by atoms with Gasteiger partial charge < -0.3 is 5.11 Å². The van der Waals surface area contributed by atoms with Gasteiger partial charge in [0.05, 0.1) is 16.7 Å². The van der Waals surface area contributed by atoms with Gasteiger partial charge in [0, 0.05) is 35.5 Å². The fourth-order valence-corrected chi connectivity index (χ4v) is 2.51. The summed E-state index contributed by atoms with van der Waals surface area (Å²) in [6, 6.07) is 0.867. The summed E-state index contributed by atoms with van der Waals surface area (Å²) in [5.74, 6) is 0. The summed E-state index contributed by atoms with van der Waals surface area (Å²) in [7, 11) is 0. The van der Waals surface area contributed by atoms with Crippen molar-refractivity contribution in [3.05, 3.63) is 45.7 Å². The number of alkyl halides is 3. The van der Waals surface area contributed by atoms with Gasteiger partial charge in [0.1, 0.15) is 0 Å². The Kier molecular flexibility index (Phi) is 3.86. The second-order valence-electron chi connectivity index (χ2n) is 4.06. The zero-order valence-electron chi connectivity index (χ0n) is 9.98. The van der Waals surface area contributed by atoms with Gasteiger partial charge in [0.15, 0.2) is 0 Å². The van der Waals surface area contributed by atoms with E-state index in [1.807, 2.05) is 0 Å². The summed E-state index contributed by atoms with van der Waals surface area (Å²) in [6.45, 7) is 1.79. The molecule has 0 fully saturated rings. The number of hydrogen-bond donors (Lipinski definition) is 1. The van der Waals surface area contributed by atoms with Gasteiger partial charge in [0.25, 0.3) is 0 Å². The van der Waals surface area contributed by atoms with Crippen LogP contribution in [0, 0.1) is 6.92 Å². The third-order valence-corrected chi connectivity index (χ3v) is 3.54. The smallest absolute Gasteiger partial charge is 0.388 e. The molecular formula is C12H11F3N2OS. The van der Waals surface area contributed by atoms with Crippen molar-refractivity contribution in [3.8, 4) is 0 Å². The summed E-state index contributed by atoms with van der Waals surface area (Å²) in [5, 5.41) is 12.3. The van der Waals surface area contributed by atoms with Crippen molar-refractivity contribution >= 4 is 11.3 Å². The Morgan fingerprint density at radius 2 is 2.16 bits per heavy atom. The van der Waals surface area contributed by atoms with Crippen LogP contribution in [0.15, 0.2) is 23.8 Å². The van der Waals surface area contributed by atoms with Crippen molar-refractivity contribution < 1.29 is 18.3 Å². The Hall–Kier alpha value is -1.47. The standard InChI is InChI=1S/C12H11F3N2OS/c1-7-6-19-11(17-7)4-10(18)8-5-16-3-2-9(8)12(13,14)15/h2-3,5-6,10,18H,4H2,1H3. The summed E-state index contributed by atoms with van der Waals surface area (Å²) < 4.78 is 38.4. The second kappa shape index (κ2) is 5.26. The Morgan fingerprint density at radius 1 is 1.42 bits per heavy atom. The number of pyridine rings is 1. The van der Waals surface area contributed by atoms with Gasteiger partial charge in [-0.05, 0) is 13.0 Å². The molecule has 0 aliphatic carbocycles. The van der Waals surface area contributed by atoms with E-state index in [2.05, 4.69) is 9.97 Å². The second-order valence-corrected chi connectivity index (χ2v) is 5.01. The number of rotatable bonds is 3. The number of nitrogens with zero attached hydrogens (tertiary/aromatic N) is 2. The van der Waals surface area contributed by atoms with Crippen molar-refractivity contribution in [1.29, 1.82) is 0 Å². The number of aryl methyl sites for hydroxylation is 1. The highest BCUT2D eigenvalue weighted by atomic mass is 32.1. The maximum absolute atomic E-state index is 12.8. The van der Waals surface area contributed by atoms with Gasteiger partial charge >= 0.3 is 6.18 Å². The lowest BCUT2D eigenvalue weighted by Crippen LogP contribution is -2.13. The molecule has 0 aromatic carbocycles. The van der Waals surface area contributed by atoms with Crippen LogP contribution in [0.5, 0.6) is 0 Å². The van der Waals surface area contributed by atoms with Crippen molar-refractivity contribution in [2.75, 3.05) is 0 Å². The van der Waals surface area contributed by atoms with Crippen LogP contribution in [0.1, 0.15) is 27.9 Å². The molecule has 19 heavy (non-hydrogen) atoms. The molecule has 7 heteroatoms. The highest BCUT2D eigenvalue weighted by Gasteiger charge is 2.35. The van der Waals surface area contributed by atoms with E-state index in [1.54, 1.807) is 12.3 Å². The van der Waals surface area contributed by atoms with E-state index in [1.165, 1.54) is 11.3 Å². The Bertz CT molecular complexity index is 568. The van der Waals surface area contributed by atoms with Gasteiger partial charge in [-0.2, -0.15) is 13.2 Å². The number of halogens is 3. The quantitative estimate of drug-likeness (QED) is 0.943. The molecule has 1 unspecified atom stereocenters. The molecule has 1 N–H and O–H groups in total. The molecule has 0 aliphatic rings. The Morgan fingerprint density at radius 3 is 2.74 bits per heavy atom. The minimum absolute atomic E-state index is 0.0489. The predicted molar refractivity (Wildman–Crippen MR) is 64.8 cm³/mol. The van der Waals surface area contributed by atoms with Crippen LogP contribution in [0.25, 0.3) is 0 Å². The first kappa shape index (κ1) is 14.0. The molecule has 2 aromatic rings. The molecule has 0 spiro atoms. The highest BCUT2D eigenvalue weighted by molar-refractivity contribution is 7.09. The fourth-order valence-electron chi connectivity index (χ4n) is 1.70. The minimum Gasteiger partial charge on any atom is -0.388 e. The van der Waals surface area contributed by atoms with Gasteiger partial charge in [-0.15, -0.1) is 11.3 Å². The summed E-state index contributed by atoms with van der Waals surface area (Å²) >= 11 is 1.31. The van der Waals surface area contributed by atoms with E-state index in [-0.39, 0.29) is 12.0 Å².